The number of benzene rings is 2. The summed E-state index contributed by atoms with van der Waals surface area (Å²) in [4.78, 5) is -0.585. The summed E-state index contributed by atoms with van der Waals surface area (Å²) in [6, 6.07) is 9.53. The van der Waals surface area contributed by atoms with Crippen molar-refractivity contribution in [3.63, 3.8) is 0 Å². The highest BCUT2D eigenvalue weighted by Crippen LogP contribution is 2.38. The molecular formula is C15H11BrFNO4S. The highest BCUT2D eigenvalue weighted by molar-refractivity contribution is 9.10. The van der Waals surface area contributed by atoms with Gasteiger partial charge in [-0.2, -0.15) is 13.7 Å². The topological polar surface area (TPSA) is 76.4 Å². The molecule has 0 heterocycles. The lowest BCUT2D eigenvalue weighted by molar-refractivity contribution is 0.326. The van der Waals surface area contributed by atoms with E-state index in [0.29, 0.717) is 0 Å². The molecule has 0 N–H and O–H groups in total. The van der Waals surface area contributed by atoms with Crippen molar-refractivity contribution >= 4 is 26.0 Å². The number of rotatable bonds is 5. The van der Waals surface area contributed by atoms with E-state index in [9.17, 15) is 12.8 Å². The molecule has 0 saturated carbocycles. The van der Waals surface area contributed by atoms with Crippen LogP contribution in [-0.4, -0.2) is 15.0 Å². The molecule has 2 rings (SSSR count). The maximum Gasteiger partial charge on any atom is 0.342 e. The van der Waals surface area contributed by atoms with E-state index in [-0.39, 0.29) is 28.1 Å². The molecule has 0 aliphatic heterocycles. The Morgan fingerprint density at radius 2 is 2.00 bits per heavy atom. The van der Waals surface area contributed by atoms with E-state index in [1.54, 1.807) is 6.92 Å². The van der Waals surface area contributed by atoms with Crippen molar-refractivity contribution in [1.29, 1.82) is 5.26 Å². The van der Waals surface area contributed by atoms with Crippen LogP contribution in [0.3, 0.4) is 0 Å². The van der Waals surface area contributed by atoms with Gasteiger partial charge in [0.15, 0.2) is 11.5 Å². The molecule has 2 aromatic carbocycles. The number of hydrogen-bond donors (Lipinski definition) is 0. The molecule has 0 bridgehead atoms. The van der Waals surface area contributed by atoms with E-state index in [4.69, 9.17) is 14.2 Å². The van der Waals surface area contributed by atoms with Crippen molar-refractivity contribution in [2.24, 2.45) is 0 Å². The van der Waals surface area contributed by atoms with Gasteiger partial charge in [0.25, 0.3) is 0 Å². The normalized spacial score (nSPS) is 10.9. The number of halogens is 2. The van der Waals surface area contributed by atoms with Crippen molar-refractivity contribution < 1.29 is 21.7 Å². The molecule has 0 spiro atoms. The monoisotopic (exact) mass is 399 g/mol. The minimum atomic E-state index is -4.39. The molecule has 0 unspecified atom stereocenters. The van der Waals surface area contributed by atoms with Crippen molar-refractivity contribution in [3.05, 3.63) is 52.3 Å². The summed E-state index contributed by atoms with van der Waals surface area (Å²) in [6.45, 7) is 1.93. The zero-order valence-electron chi connectivity index (χ0n) is 11.9. The first-order chi connectivity index (χ1) is 10.9. The summed E-state index contributed by atoms with van der Waals surface area (Å²) < 4.78 is 48.8. The molecule has 0 saturated heterocycles. The largest absolute Gasteiger partial charge is 0.490 e. The predicted molar refractivity (Wildman–Crippen MR) is 84.2 cm³/mol. The van der Waals surface area contributed by atoms with Gasteiger partial charge in [0, 0.05) is 6.07 Å². The Bertz CT molecular complexity index is 878. The molecule has 0 aromatic heterocycles. The Labute approximate surface area is 141 Å². The minimum absolute atomic E-state index is 0.0679. The first-order valence-corrected chi connectivity index (χ1v) is 8.64. The molecular weight excluding hydrogens is 389 g/mol. The maximum atomic E-state index is 13.7. The van der Waals surface area contributed by atoms with E-state index < -0.39 is 20.8 Å². The van der Waals surface area contributed by atoms with Gasteiger partial charge in [-0.1, -0.05) is 12.1 Å². The Kier molecular flexibility index (Phi) is 5.23. The van der Waals surface area contributed by atoms with Crippen molar-refractivity contribution in [3.8, 4) is 17.6 Å². The molecule has 8 heteroatoms. The van der Waals surface area contributed by atoms with Gasteiger partial charge in [-0.3, -0.25) is 0 Å². The molecule has 5 nitrogen and oxygen atoms in total. The Morgan fingerprint density at radius 3 is 2.61 bits per heavy atom. The van der Waals surface area contributed by atoms with Crippen LogP contribution in [0, 0.1) is 17.1 Å². The Morgan fingerprint density at radius 1 is 1.30 bits per heavy atom. The molecule has 2 aromatic rings. The highest BCUT2D eigenvalue weighted by Gasteiger charge is 2.25. The van der Waals surface area contributed by atoms with Crippen molar-refractivity contribution in [2.75, 3.05) is 6.61 Å². The lowest BCUT2D eigenvalue weighted by atomic mass is 10.2. The van der Waals surface area contributed by atoms with Crippen LogP contribution in [0.2, 0.25) is 0 Å². The van der Waals surface area contributed by atoms with Gasteiger partial charge in [-0.15, -0.1) is 0 Å². The minimum Gasteiger partial charge on any atom is -0.490 e. The van der Waals surface area contributed by atoms with Gasteiger partial charge in [-0.05, 0) is 41.1 Å². The lowest BCUT2D eigenvalue weighted by Crippen LogP contribution is -2.13. The van der Waals surface area contributed by atoms with Crippen LogP contribution in [0.5, 0.6) is 11.5 Å². The Balaban J connectivity index is 2.51. The molecule has 0 radical (unpaired) electrons. The van der Waals surface area contributed by atoms with E-state index >= 15 is 0 Å². The fourth-order valence-corrected chi connectivity index (χ4v) is 3.44. The second kappa shape index (κ2) is 6.98. The average Bonchev–Trinajstić information content (AvgIpc) is 2.50. The smallest absolute Gasteiger partial charge is 0.342 e. The van der Waals surface area contributed by atoms with Crippen LogP contribution in [0.1, 0.15) is 12.5 Å². The van der Waals surface area contributed by atoms with Gasteiger partial charge >= 0.3 is 10.1 Å². The van der Waals surface area contributed by atoms with Crippen LogP contribution in [0.25, 0.3) is 0 Å². The van der Waals surface area contributed by atoms with Crippen molar-refractivity contribution in [2.45, 2.75) is 11.8 Å². The molecule has 23 heavy (non-hydrogen) atoms. The summed E-state index contributed by atoms with van der Waals surface area (Å²) in [5.41, 5.74) is 0.260. The molecule has 0 atom stereocenters. The molecule has 0 aliphatic rings. The molecule has 0 fully saturated rings. The maximum absolute atomic E-state index is 13.7. The predicted octanol–water partition coefficient (Wildman–Crippen LogP) is 3.63. The number of nitriles is 1. The van der Waals surface area contributed by atoms with E-state index in [1.807, 2.05) is 6.07 Å². The molecule has 0 amide bonds. The van der Waals surface area contributed by atoms with Gasteiger partial charge in [0.2, 0.25) is 0 Å². The van der Waals surface area contributed by atoms with Crippen LogP contribution >= 0.6 is 15.9 Å². The van der Waals surface area contributed by atoms with Gasteiger partial charge in [0.05, 0.1) is 22.7 Å². The van der Waals surface area contributed by atoms with Gasteiger partial charge in [0.1, 0.15) is 10.7 Å². The van der Waals surface area contributed by atoms with Crippen LogP contribution in [-0.2, 0) is 10.1 Å². The first kappa shape index (κ1) is 17.2. The number of hydrogen-bond acceptors (Lipinski definition) is 5. The second-order valence-electron chi connectivity index (χ2n) is 4.30. The van der Waals surface area contributed by atoms with E-state index in [2.05, 4.69) is 15.9 Å². The third-order valence-corrected chi connectivity index (χ3v) is 4.58. The van der Waals surface area contributed by atoms with E-state index in [0.717, 1.165) is 12.1 Å². The zero-order chi connectivity index (χ0) is 17.0. The third-order valence-electron chi connectivity index (χ3n) is 2.74. The van der Waals surface area contributed by atoms with E-state index in [1.165, 1.54) is 24.3 Å². The standard InChI is InChI=1S/C15H11BrFNO4S/c1-2-21-13-8-10(9-18)7-11(16)15(13)22-23(19,20)14-6-4-3-5-12(14)17/h3-8H,2H2,1H3. The molecule has 120 valence electrons. The summed E-state index contributed by atoms with van der Waals surface area (Å²) >= 11 is 3.14. The summed E-state index contributed by atoms with van der Waals surface area (Å²) in [5, 5.41) is 8.96. The summed E-state index contributed by atoms with van der Waals surface area (Å²) in [6.07, 6.45) is 0. The Hall–Kier alpha value is -2.11. The van der Waals surface area contributed by atoms with Crippen LogP contribution < -0.4 is 8.92 Å². The fourth-order valence-electron chi connectivity index (χ4n) is 1.78. The number of ether oxygens (including phenoxy) is 1. The van der Waals surface area contributed by atoms with Crippen LogP contribution in [0.4, 0.5) is 4.39 Å². The van der Waals surface area contributed by atoms with Crippen LogP contribution in [0.15, 0.2) is 45.8 Å². The quantitative estimate of drug-likeness (QED) is 0.717. The summed E-state index contributed by atoms with van der Waals surface area (Å²) in [5.74, 6) is -0.998. The lowest BCUT2D eigenvalue weighted by Gasteiger charge is -2.14. The third kappa shape index (κ3) is 3.81. The average molecular weight is 400 g/mol. The number of nitrogens with zero attached hydrogens (tertiary/aromatic N) is 1. The van der Waals surface area contributed by atoms with Gasteiger partial charge < -0.3 is 8.92 Å². The zero-order valence-corrected chi connectivity index (χ0v) is 14.3. The van der Waals surface area contributed by atoms with Gasteiger partial charge in [-0.25, -0.2) is 4.39 Å². The molecule has 0 aliphatic carbocycles. The second-order valence-corrected chi connectivity index (χ2v) is 6.67. The highest BCUT2D eigenvalue weighted by atomic mass is 79.9. The summed E-state index contributed by atoms with van der Waals surface area (Å²) in [7, 11) is -4.39. The fraction of sp³-hybridized carbons (Fsp3) is 0.133. The first-order valence-electron chi connectivity index (χ1n) is 6.44. The van der Waals surface area contributed by atoms with Crippen molar-refractivity contribution in [1.82, 2.24) is 0 Å². The SMILES string of the molecule is CCOc1cc(C#N)cc(Br)c1OS(=O)(=O)c1ccccc1F.